The van der Waals surface area contributed by atoms with Gasteiger partial charge in [-0.05, 0) is 19.1 Å². The Morgan fingerprint density at radius 2 is 1.61 bits per heavy atom. The molecule has 0 unspecified atom stereocenters. The zero-order valence-electron chi connectivity index (χ0n) is 12.6. The third kappa shape index (κ3) is 9.59. The van der Waals surface area contributed by atoms with Crippen molar-refractivity contribution < 1.29 is 4.58 Å². The van der Waals surface area contributed by atoms with Crippen LogP contribution in [0.4, 0.5) is 0 Å². The van der Waals surface area contributed by atoms with Crippen LogP contribution in [0.5, 0.6) is 0 Å². The molecule has 1 rings (SSSR count). The molecule has 1 aromatic rings. The van der Waals surface area contributed by atoms with Gasteiger partial charge in [0.15, 0.2) is 19.0 Å². The van der Waals surface area contributed by atoms with Gasteiger partial charge in [0.05, 0.1) is 0 Å². The molecule has 0 spiro atoms. The maximum Gasteiger partial charge on any atom is 0.173 e. The van der Waals surface area contributed by atoms with Gasteiger partial charge in [-0.15, -0.1) is 0 Å². The largest absolute Gasteiger partial charge is 0.201 e. The van der Waals surface area contributed by atoms with Crippen LogP contribution in [0.2, 0.25) is 0 Å². The standard InChI is InChI=1S/C13H16N.2C2H6/c1-3-10-14(11-4-2)12-13-8-6-5-7-9-13;2*1-2/h3-11H,1,12H2,2H3;2*1-2H3/q+1;;/b11-4-,14-10?;;. The molecule has 1 aromatic carbocycles. The van der Waals surface area contributed by atoms with Crippen molar-refractivity contribution in [1.29, 1.82) is 0 Å². The van der Waals surface area contributed by atoms with E-state index < -0.39 is 0 Å². The van der Waals surface area contributed by atoms with Crippen LogP contribution in [0.25, 0.3) is 0 Å². The summed E-state index contributed by atoms with van der Waals surface area (Å²) in [6.45, 7) is 14.6. The third-order valence-corrected chi connectivity index (χ3v) is 1.85. The van der Waals surface area contributed by atoms with Crippen molar-refractivity contribution >= 4 is 6.21 Å². The minimum Gasteiger partial charge on any atom is -0.201 e. The molecular formula is C17H28N+. The number of nitrogens with zero attached hydrogens (tertiary/aromatic N) is 1. The van der Waals surface area contributed by atoms with E-state index in [4.69, 9.17) is 0 Å². The first kappa shape index (κ1) is 18.7. The molecule has 0 bridgehead atoms. The fraction of sp³-hybridized carbons (Fsp3) is 0.353. The summed E-state index contributed by atoms with van der Waals surface area (Å²) in [4.78, 5) is 0. The topological polar surface area (TPSA) is 3.01 Å². The lowest BCUT2D eigenvalue weighted by atomic mass is 10.2. The zero-order chi connectivity index (χ0) is 14.2. The Balaban J connectivity index is 0. The van der Waals surface area contributed by atoms with E-state index >= 15 is 0 Å². The number of rotatable bonds is 4. The van der Waals surface area contributed by atoms with Crippen molar-refractivity contribution in [1.82, 2.24) is 0 Å². The van der Waals surface area contributed by atoms with Gasteiger partial charge in [0.25, 0.3) is 0 Å². The van der Waals surface area contributed by atoms with Gasteiger partial charge >= 0.3 is 0 Å². The Morgan fingerprint density at radius 3 is 2.06 bits per heavy atom. The van der Waals surface area contributed by atoms with Gasteiger partial charge in [-0.3, -0.25) is 0 Å². The highest BCUT2D eigenvalue weighted by Crippen LogP contribution is 2.00. The Kier molecular flexibility index (Phi) is 16.0. The second-order valence-electron chi connectivity index (χ2n) is 3.03. The number of hydrogen-bond acceptors (Lipinski definition) is 0. The van der Waals surface area contributed by atoms with Gasteiger partial charge in [-0.2, -0.15) is 0 Å². The first-order chi connectivity index (χ1) is 8.86. The van der Waals surface area contributed by atoms with Crippen LogP contribution in [0.3, 0.4) is 0 Å². The number of benzene rings is 1. The quantitative estimate of drug-likeness (QED) is 0.517. The fourth-order valence-corrected chi connectivity index (χ4v) is 1.28. The predicted octanol–water partition coefficient (Wildman–Crippen LogP) is 5.04. The highest BCUT2D eigenvalue weighted by atomic mass is 15.0. The summed E-state index contributed by atoms with van der Waals surface area (Å²) in [6, 6.07) is 10.4. The molecule has 0 fully saturated rings. The van der Waals surface area contributed by atoms with Crippen LogP contribution >= 0.6 is 0 Å². The van der Waals surface area contributed by atoms with Crippen LogP contribution in [0.1, 0.15) is 40.2 Å². The fourth-order valence-electron chi connectivity index (χ4n) is 1.28. The maximum atomic E-state index is 3.69. The first-order valence-corrected chi connectivity index (χ1v) is 6.75. The van der Waals surface area contributed by atoms with E-state index in [9.17, 15) is 0 Å². The Morgan fingerprint density at radius 1 is 1.06 bits per heavy atom. The molecule has 0 aliphatic heterocycles. The molecule has 18 heavy (non-hydrogen) atoms. The smallest absolute Gasteiger partial charge is 0.173 e. The molecule has 0 atom stereocenters. The monoisotopic (exact) mass is 246 g/mol. The summed E-state index contributed by atoms with van der Waals surface area (Å²) in [5.41, 5.74) is 1.30. The second kappa shape index (κ2) is 15.4. The van der Waals surface area contributed by atoms with Crippen molar-refractivity contribution in [2.75, 3.05) is 0 Å². The molecule has 0 aromatic heterocycles. The summed E-state index contributed by atoms with van der Waals surface area (Å²) in [5.74, 6) is 0. The maximum absolute atomic E-state index is 3.69. The number of allylic oxidation sites excluding steroid dienone is 2. The van der Waals surface area contributed by atoms with Crippen molar-refractivity contribution in [2.24, 2.45) is 0 Å². The summed E-state index contributed by atoms with van der Waals surface area (Å²) in [7, 11) is 0. The molecule has 0 saturated carbocycles. The van der Waals surface area contributed by atoms with Crippen molar-refractivity contribution in [3.63, 3.8) is 0 Å². The van der Waals surface area contributed by atoms with Gasteiger partial charge < -0.3 is 0 Å². The molecule has 1 nitrogen and oxygen atoms in total. The average Bonchev–Trinajstić information content (AvgIpc) is 2.45. The van der Waals surface area contributed by atoms with Gasteiger partial charge in [0, 0.05) is 5.56 Å². The summed E-state index contributed by atoms with van der Waals surface area (Å²) in [5, 5.41) is 0. The van der Waals surface area contributed by atoms with Gasteiger partial charge in [0.2, 0.25) is 0 Å². The molecule has 0 radical (unpaired) electrons. The highest BCUT2D eigenvalue weighted by Gasteiger charge is 1.99. The highest BCUT2D eigenvalue weighted by molar-refractivity contribution is 5.65. The zero-order valence-corrected chi connectivity index (χ0v) is 12.6. The lowest BCUT2D eigenvalue weighted by Gasteiger charge is -1.96. The molecule has 0 heterocycles. The van der Waals surface area contributed by atoms with E-state index in [-0.39, 0.29) is 0 Å². The van der Waals surface area contributed by atoms with Crippen LogP contribution in [-0.2, 0) is 6.54 Å². The van der Waals surface area contributed by atoms with Crippen molar-refractivity contribution in [2.45, 2.75) is 41.2 Å². The van der Waals surface area contributed by atoms with E-state index in [2.05, 4.69) is 35.4 Å². The Hall–Kier alpha value is -1.63. The molecule has 0 saturated heterocycles. The van der Waals surface area contributed by atoms with Crippen LogP contribution in [-0.4, -0.2) is 10.8 Å². The normalized spacial score (nSPS) is 9.94. The van der Waals surface area contributed by atoms with Gasteiger partial charge in [0.1, 0.15) is 0 Å². The molecule has 0 amide bonds. The Labute approximate surface area is 113 Å². The molecule has 1 heteroatoms. The lowest BCUT2D eigenvalue weighted by molar-refractivity contribution is -0.468. The average molecular weight is 246 g/mol. The summed E-state index contributed by atoms with van der Waals surface area (Å²) < 4.78 is 2.10. The Bertz CT molecular complexity index is 334. The van der Waals surface area contributed by atoms with Gasteiger partial charge in [-0.25, -0.2) is 4.58 Å². The van der Waals surface area contributed by atoms with E-state index in [1.807, 2.05) is 59.2 Å². The first-order valence-electron chi connectivity index (χ1n) is 6.75. The minimum atomic E-state index is 0.886. The van der Waals surface area contributed by atoms with E-state index in [0.717, 1.165) is 6.54 Å². The van der Waals surface area contributed by atoms with Crippen LogP contribution < -0.4 is 0 Å². The van der Waals surface area contributed by atoms with Gasteiger partial charge in [-0.1, -0.05) is 64.6 Å². The summed E-state index contributed by atoms with van der Waals surface area (Å²) in [6.07, 6.45) is 7.81. The third-order valence-electron chi connectivity index (χ3n) is 1.85. The van der Waals surface area contributed by atoms with E-state index in [1.54, 1.807) is 6.08 Å². The SMILES string of the molecule is C=CC=[N+](/C=C\C)Cc1ccccc1.CC.CC. The number of hydrogen-bond donors (Lipinski definition) is 0. The molecule has 0 aliphatic carbocycles. The van der Waals surface area contributed by atoms with Crippen molar-refractivity contribution in [3.8, 4) is 0 Å². The molecule has 0 N–H and O–H groups in total. The predicted molar refractivity (Wildman–Crippen MR) is 84.2 cm³/mol. The van der Waals surface area contributed by atoms with Crippen molar-refractivity contribution in [3.05, 3.63) is 60.8 Å². The second-order valence-corrected chi connectivity index (χ2v) is 3.03. The van der Waals surface area contributed by atoms with E-state index in [1.165, 1.54) is 5.56 Å². The molecular weight excluding hydrogens is 218 g/mol. The molecule has 0 aliphatic rings. The van der Waals surface area contributed by atoms with Crippen LogP contribution in [0.15, 0.2) is 55.3 Å². The summed E-state index contributed by atoms with van der Waals surface area (Å²) >= 11 is 0. The minimum absolute atomic E-state index is 0.886. The van der Waals surface area contributed by atoms with E-state index in [0.29, 0.717) is 0 Å². The lowest BCUT2D eigenvalue weighted by Crippen LogP contribution is -2.04. The van der Waals surface area contributed by atoms with Crippen LogP contribution in [0, 0.1) is 0 Å². The molecule has 100 valence electrons.